The summed E-state index contributed by atoms with van der Waals surface area (Å²) in [6, 6.07) is -2.31. The molecule has 188 valence electrons. The minimum absolute atomic E-state index is 0.289. The summed E-state index contributed by atoms with van der Waals surface area (Å²) in [5.74, 6) is -1.57. The Labute approximate surface area is 194 Å². The van der Waals surface area contributed by atoms with Crippen LogP contribution in [-0.4, -0.2) is 59.8 Å². The van der Waals surface area contributed by atoms with Gasteiger partial charge in [0.15, 0.2) is 0 Å². The minimum atomic E-state index is -1.16. The maximum atomic E-state index is 12.3. The van der Waals surface area contributed by atoms with Gasteiger partial charge in [-0.1, -0.05) is 84.0 Å². The van der Waals surface area contributed by atoms with Crippen LogP contribution in [0, 0.1) is 0 Å². The van der Waals surface area contributed by atoms with Crippen molar-refractivity contribution in [2.45, 2.75) is 122 Å². The van der Waals surface area contributed by atoms with Gasteiger partial charge in [0.2, 0.25) is 17.7 Å². The first-order valence-corrected chi connectivity index (χ1v) is 12.5. The largest absolute Gasteiger partial charge is 0.394 e. The van der Waals surface area contributed by atoms with Crippen molar-refractivity contribution in [2.75, 3.05) is 13.7 Å². The van der Waals surface area contributed by atoms with Gasteiger partial charge in [0, 0.05) is 13.5 Å². The fraction of sp³-hybridized carbons (Fsp3) is 0.875. The van der Waals surface area contributed by atoms with Crippen molar-refractivity contribution in [3.63, 3.8) is 0 Å². The van der Waals surface area contributed by atoms with Gasteiger partial charge in [0.05, 0.1) is 12.7 Å². The van der Waals surface area contributed by atoms with E-state index in [9.17, 15) is 24.6 Å². The molecule has 0 heterocycles. The highest BCUT2D eigenvalue weighted by atomic mass is 16.3. The van der Waals surface area contributed by atoms with Crippen LogP contribution in [0.5, 0.6) is 0 Å². The molecule has 0 aliphatic rings. The molecule has 0 aliphatic heterocycles. The summed E-state index contributed by atoms with van der Waals surface area (Å²) >= 11 is 0. The molecule has 0 spiro atoms. The van der Waals surface area contributed by atoms with E-state index in [-0.39, 0.29) is 12.3 Å². The topological polar surface area (TPSA) is 128 Å². The number of aliphatic hydroxyl groups is 2. The molecule has 0 aliphatic carbocycles. The zero-order valence-electron chi connectivity index (χ0n) is 20.5. The number of carbonyl (C=O) groups is 3. The van der Waals surface area contributed by atoms with Crippen LogP contribution in [0.1, 0.15) is 104 Å². The standard InChI is InChI=1S/C24H47N3O5/c1-4-5-6-7-8-9-10-11-12-13-14-15-16-17-21(30)26-20(18-28)23(31)27-22(19(2)29)24(32)25-3/h19-20,22,28-29H,4-18H2,1-3H3,(H,25,32)(H,26,30)(H,27,31)/t19-,20+,22+/m1/s1. The van der Waals surface area contributed by atoms with Crippen LogP contribution in [0.25, 0.3) is 0 Å². The Hall–Kier alpha value is -1.67. The second-order valence-corrected chi connectivity index (χ2v) is 8.64. The first kappa shape index (κ1) is 30.3. The lowest BCUT2D eigenvalue weighted by Gasteiger charge is -2.23. The maximum Gasteiger partial charge on any atom is 0.245 e. The van der Waals surface area contributed by atoms with E-state index < -0.39 is 36.6 Å². The van der Waals surface area contributed by atoms with Crippen LogP contribution in [-0.2, 0) is 14.4 Å². The van der Waals surface area contributed by atoms with E-state index in [2.05, 4.69) is 22.9 Å². The van der Waals surface area contributed by atoms with Gasteiger partial charge >= 0.3 is 0 Å². The third-order valence-electron chi connectivity index (χ3n) is 5.65. The number of nitrogens with one attached hydrogen (secondary N) is 3. The van der Waals surface area contributed by atoms with Gasteiger partial charge < -0.3 is 26.2 Å². The summed E-state index contributed by atoms with van der Waals surface area (Å²) in [6.45, 7) is 3.03. The van der Waals surface area contributed by atoms with Crippen molar-refractivity contribution >= 4 is 17.7 Å². The molecule has 0 rings (SSSR count). The molecule has 0 saturated heterocycles. The van der Waals surface area contributed by atoms with Gasteiger partial charge in [-0.25, -0.2) is 0 Å². The number of unbranched alkanes of at least 4 members (excludes halogenated alkanes) is 12. The van der Waals surface area contributed by atoms with Gasteiger partial charge in [0.1, 0.15) is 12.1 Å². The van der Waals surface area contributed by atoms with Crippen LogP contribution < -0.4 is 16.0 Å². The fourth-order valence-electron chi connectivity index (χ4n) is 3.58. The molecule has 0 aromatic rings. The molecule has 32 heavy (non-hydrogen) atoms. The van der Waals surface area contributed by atoms with E-state index in [1.807, 2.05) is 0 Å². The quantitative estimate of drug-likeness (QED) is 0.180. The van der Waals surface area contributed by atoms with Gasteiger partial charge in [-0.05, 0) is 13.3 Å². The number of hydrogen-bond acceptors (Lipinski definition) is 5. The van der Waals surface area contributed by atoms with Crippen molar-refractivity contribution in [1.29, 1.82) is 0 Å². The van der Waals surface area contributed by atoms with E-state index in [4.69, 9.17) is 0 Å². The molecule has 8 heteroatoms. The van der Waals surface area contributed by atoms with E-state index in [0.29, 0.717) is 0 Å². The molecule has 8 nitrogen and oxygen atoms in total. The van der Waals surface area contributed by atoms with Crippen molar-refractivity contribution in [3.05, 3.63) is 0 Å². The number of hydrogen-bond donors (Lipinski definition) is 5. The second kappa shape index (κ2) is 20.0. The molecule has 0 bridgehead atoms. The Morgan fingerprint density at radius 2 is 1.22 bits per heavy atom. The average Bonchev–Trinajstić information content (AvgIpc) is 2.77. The summed E-state index contributed by atoms with van der Waals surface area (Å²) in [4.78, 5) is 36.1. The summed E-state index contributed by atoms with van der Waals surface area (Å²) in [7, 11) is 1.39. The monoisotopic (exact) mass is 457 g/mol. The lowest BCUT2D eigenvalue weighted by molar-refractivity contribution is -0.134. The average molecular weight is 458 g/mol. The third-order valence-corrected chi connectivity index (χ3v) is 5.65. The highest BCUT2D eigenvalue weighted by Gasteiger charge is 2.28. The van der Waals surface area contributed by atoms with Crippen LogP contribution in [0.3, 0.4) is 0 Å². The first-order valence-electron chi connectivity index (χ1n) is 12.5. The van der Waals surface area contributed by atoms with Gasteiger partial charge in [-0.2, -0.15) is 0 Å². The molecular weight excluding hydrogens is 410 g/mol. The number of amides is 3. The number of likely N-dealkylation sites (N-methyl/N-ethyl adjacent to an activating group) is 1. The summed E-state index contributed by atoms with van der Waals surface area (Å²) < 4.78 is 0. The van der Waals surface area contributed by atoms with E-state index in [0.717, 1.165) is 19.3 Å². The second-order valence-electron chi connectivity index (χ2n) is 8.64. The fourth-order valence-corrected chi connectivity index (χ4v) is 3.58. The minimum Gasteiger partial charge on any atom is -0.394 e. The molecule has 0 saturated carbocycles. The van der Waals surface area contributed by atoms with Crippen molar-refractivity contribution in [2.24, 2.45) is 0 Å². The van der Waals surface area contributed by atoms with Gasteiger partial charge in [-0.15, -0.1) is 0 Å². The van der Waals surface area contributed by atoms with Crippen molar-refractivity contribution < 1.29 is 24.6 Å². The summed E-state index contributed by atoms with van der Waals surface area (Å²) in [6.07, 6.45) is 15.1. The van der Waals surface area contributed by atoms with Crippen molar-refractivity contribution in [1.82, 2.24) is 16.0 Å². The van der Waals surface area contributed by atoms with Crippen LogP contribution in [0.4, 0.5) is 0 Å². The summed E-state index contributed by atoms with van der Waals surface area (Å²) in [5, 5.41) is 26.3. The Morgan fingerprint density at radius 1 is 0.750 bits per heavy atom. The number of carbonyl (C=O) groups excluding carboxylic acids is 3. The summed E-state index contributed by atoms with van der Waals surface area (Å²) in [5.41, 5.74) is 0. The lowest BCUT2D eigenvalue weighted by atomic mass is 10.0. The SMILES string of the molecule is CCCCCCCCCCCCCCCC(=O)N[C@@H](CO)C(=O)N[C@H](C(=O)NC)[C@@H](C)O. The number of aliphatic hydroxyl groups excluding tert-OH is 2. The maximum absolute atomic E-state index is 12.3. The molecule has 0 aromatic heterocycles. The van der Waals surface area contributed by atoms with Crippen LogP contribution >= 0.6 is 0 Å². The molecule has 0 fully saturated rings. The van der Waals surface area contributed by atoms with Crippen molar-refractivity contribution in [3.8, 4) is 0 Å². The van der Waals surface area contributed by atoms with E-state index >= 15 is 0 Å². The molecule has 5 N–H and O–H groups in total. The Balaban J connectivity index is 3.90. The molecule has 0 radical (unpaired) electrons. The van der Waals surface area contributed by atoms with Gasteiger partial charge in [-0.3, -0.25) is 14.4 Å². The predicted octanol–water partition coefficient (Wildman–Crippen LogP) is 2.56. The van der Waals surface area contributed by atoms with E-state index in [1.165, 1.54) is 78.2 Å². The predicted molar refractivity (Wildman–Crippen MR) is 127 cm³/mol. The Morgan fingerprint density at radius 3 is 1.62 bits per heavy atom. The Kier molecular flexibility index (Phi) is 18.9. The zero-order valence-corrected chi connectivity index (χ0v) is 20.5. The Bertz CT molecular complexity index is 514. The highest BCUT2D eigenvalue weighted by Crippen LogP contribution is 2.13. The highest BCUT2D eigenvalue weighted by molar-refractivity contribution is 5.92. The van der Waals surface area contributed by atoms with Crippen LogP contribution in [0.15, 0.2) is 0 Å². The number of rotatable bonds is 20. The molecular formula is C24H47N3O5. The smallest absolute Gasteiger partial charge is 0.245 e. The van der Waals surface area contributed by atoms with Crippen LogP contribution in [0.2, 0.25) is 0 Å². The lowest BCUT2D eigenvalue weighted by Crippen LogP contribution is -2.57. The first-order chi connectivity index (χ1) is 15.4. The molecule has 3 amide bonds. The molecule has 0 aromatic carbocycles. The van der Waals surface area contributed by atoms with Gasteiger partial charge in [0.25, 0.3) is 0 Å². The normalized spacial score (nSPS) is 13.8. The third kappa shape index (κ3) is 15.2. The van der Waals surface area contributed by atoms with E-state index in [1.54, 1.807) is 0 Å². The molecule has 0 unspecified atom stereocenters. The zero-order chi connectivity index (χ0) is 24.2. The molecule has 3 atom stereocenters.